The van der Waals surface area contributed by atoms with Crippen molar-refractivity contribution in [3.8, 4) is 0 Å². The van der Waals surface area contributed by atoms with Gasteiger partial charge in [0.2, 0.25) is 0 Å². The second kappa shape index (κ2) is 4.23. The molecule has 0 aliphatic heterocycles. The number of rotatable bonds is 3. The molecule has 72 valence electrons. The molecule has 0 aromatic heterocycles. The molecule has 0 spiro atoms. The molecular formula is C11H14BrF. The van der Waals surface area contributed by atoms with Gasteiger partial charge < -0.3 is 0 Å². The van der Waals surface area contributed by atoms with Crippen LogP contribution >= 0.6 is 15.9 Å². The lowest BCUT2D eigenvalue weighted by Crippen LogP contribution is -2.17. The lowest BCUT2D eigenvalue weighted by atomic mass is 9.88. The lowest BCUT2D eigenvalue weighted by molar-refractivity contribution is 0.415. The Hall–Kier alpha value is -0.370. The molecule has 0 N–H and O–H groups in total. The molecule has 0 aliphatic rings. The van der Waals surface area contributed by atoms with Gasteiger partial charge in [0.25, 0.3) is 0 Å². The van der Waals surface area contributed by atoms with E-state index in [1.54, 1.807) is 6.07 Å². The Labute approximate surface area is 87.3 Å². The first kappa shape index (κ1) is 10.7. The van der Waals surface area contributed by atoms with Crippen LogP contribution < -0.4 is 0 Å². The fourth-order valence-corrected chi connectivity index (χ4v) is 1.40. The lowest BCUT2D eigenvalue weighted by Gasteiger charge is -2.21. The first-order valence-electron chi connectivity index (χ1n) is 4.34. The van der Waals surface area contributed by atoms with Crippen LogP contribution in [0.3, 0.4) is 0 Å². The van der Waals surface area contributed by atoms with Crippen LogP contribution in [-0.2, 0) is 6.42 Å². The SMILES string of the molecule is CC(C)(CBr)Cc1ccccc1F. The van der Waals surface area contributed by atoms with Crippen molar-refractivity contribution in [1.82, 2.24) is 0 Å². The largest absolute Gasteiger partial charge is 0.207 e. The van der Waals surface area contributed by atoms with E-state index in [9.17, 15) is 4.39 Å². The maximum atomic E-state index is 13.2. The predicted octanol–water partition coefficient (Wildman–Crippen LogP) is 3.79. The number of hydrogen-bond acceptors (Lipinski definition) is 0. The summed E-state index contributed by atoms with van der Waals surface area (Å²) in [6.07, 6.45) is 0.769. The normalized spacial score (nSPS) is 11.7. The molecule has 0 unspecified atom stereocenters. The highest BCUT2D eigenvalue weighted by atomic mass is 79.9. The van der Waals surface area contributed by atoms with Gasteiger partial charge in [-0.2, -0.15) is 0 Å². The summed E-state index contributed by atoms with van der Waals surface area (Å²) >= 11 is 3.43. The zero-order valence-electron chi connectivity index (χ0n) is 7.98. The molecule has 0 amide bonds. The van der Waals surface area contributed by atoms with Crippen LogP contribution in [0.25, 0.3) is 0 Å². The van der Waals surface area contributed by atoms with Crippen molar-refractivity contribution in [2.45, 2.75) is 20.3 Å². The molecule has 0 fully saturated rings. The minimum absolute atomic E-state index is 0.100. The fraction of sp³-hybridized carbons (Fsp3) is 0.455. The molecule has 0 aliphatic carbocycles. The van der Waals surface area contributed by atoms with Crippen molar-refractivity contribution in [1.29, 1.82) is 0 Å². The van der Waals surface area contributed by atoms with Crippen molar-refractivity contribution < 1.29 is 4.39 Å². The van der Waals surface area contributed by atoms with E-state index < -0.39 is 0 Å². The molecule has 0 nitrogen and oxygen atoms in total. The summed E-state index contributed by atoms with van der Waals surface area (Å²) in [5.41, 5.74) is 0.911. The maximum absolute atomic E-state index is 13.2. The molecule has 0 atom stereocenters. The topological polar surface area (TPSA) is 0 Å². The van der Waals surface area contributed by atoms with E-state index in [-0.39, 0.29) is 11.2 Å². The summed E-state index contributed by atoms with van der Waals surface area (Å²) in [7, 11) is 0. The number of halogens is 2. The molecule has 0 radical (unpaired) electrons. The quantitative estimate of drug-likeness (QED) is 0.710. The summed E-state index contributed by atoms with van der Waals surface area (Å²) in [6.45, 7) is 4.24. The van der Waals surface area contributed by atoms with Crippen LogP contribution in [0.5, 0.6) is 0 Å². The number of alkyl halides is 1. The zero-order valence-corrected chi connectivity index (χ0v) is 9.57. The predicted molar refractivity (Wildman–Crippen MR) is 57.7 cm³/mol. The van der Waals surface area contributed by atoms with Crippen LogP contribution in [0.1, 0.15) is 19.4 Å². The first-order valence-corrected chi connectivity index (χ1v) is 5.47. The summed E-state index contributed by atoms with van der Waals surface area (Å²) in [5.74, 6) is -0.100. The van der Waals surface area contributed by atoms with E-state index in [1.807, 2.05) is 12.1 Å². The minimum atomic E-state index is -0.100. The monoisotopic (exact) mass is 244 g/mol. The Balaban J connectivity index is 2.80. The Morgan fingerprint density at radius 2 is 1.92 bits per heavy atom. The van der Waals surface area contributed by atoms with E-state index >= 15 is 0 Å². The van der Waals surface area contributed by atoms with Crippen molar-refractivity contribution in [3.05, 3.63) is 35.6 Å². The van der Waals surface area contributed by atoms with Crippen molar-refractivity contribution >= 4 is 15.9 Å². The van der Waals surface area contributed by atoms with Crippen LogP contribution in [0.4, 0.5) is 4.39 Å². The smallest absolute Gasteiger partial charge is 0.126 e. The molecule has 2 heteroatoms. The zero-order chi connectivity index (χ0) is 9.90. The van der Waals surface area contributed by atoms with E-state index in [2.05, 4.69) is 29.8 Å². The van der Waals surface area contributed by atoms with Gasteiger partial charge in [0.15, 0.2) is 0 Å². The van der Waals surface area contributed by atoms with Gasteiger partial charge in [-0.05, 0) is 23.5 Å². The standard InChI is InChI=1S/C11H14BrF/c1-11(2,8-12)7-9-5-3-4-6-10(9)13/h3-6H,7-8H2,1-2H3. The Kier molecular flexibility index (Phi) is 3.48. The first-order chi connectivity index (χ1) is 6.05. The molecule has 1 rings (SSSR count). The molecule has 0 heterocycles. The van der Waals surface area contributed by atoms with Crippen molar-refractivity contribution in [2.75, 3.05) is 5.33 Å². The fourth-order valence-electron chi connectivity index (χ4n) is 1.20. The summed E-state index contributed by atoms with van der Waals surface area (Å²) in [5, 5.41) is 0.883. The van der Waals surface area contributed by atoms with Gasteiger partial charge in [-0.25, -0.2) is 4.39 Å². The summed E-state index contributed by atoms with van der Waals surface area (Å²) < 4.78 is 13.2. The van der Waals surface area contributed by atoms with E-state index in [0.717, 1.165) is 17.3 Å². The van der Waals surface area contributed by atoms with Gasteiger partial charge in [-0.3, -0.25) is 0 Å². The average molecular weight is 245 g/mol. The van der Waals surface area contributed by atoms with Gasteiger partial charge in [-0.1, -0.05) is 48.0 Å². The average Bonchev–Trinajstić information content (AvgIpc) is 2.09. The maximum Gasteiger partial charge on any atom is 0.126 e. The van der Waals surface area contributed by atoms with Crippen LogP contribution in [0, 0.1) is 11.2 Å². The second-order valence-corrected chi connectivity index (χ2v) is 4.63. The van der Waals surface area contributed by atoms with Crippen molar-refractivity contribution in [2.24, 2.45) is 5.41 Å². The van der Waals surface area contributed by atoms with Gasteiger partial charge in [0.1, 0.15) is 5.82 Å². The third-order valence-electron chi connectivity index (χ3n) is 1.99. The minimum Gasteiger partial charge on any atom is -0.207 e. The second-order valence-electron chi connectivity index (χ2n) is 4.07. The van der Waals surface area contributed by atoms with Crippen LogP contribution in [-0.4, -0.2) is 5.33 Å². The van der Waals surface area contributed by atoms with Crippen molar-refractivity contribution in [3.63, 3.8) is 0 Å². The molecular weight excluding hydrogens is 231 g/mol. The molecule has 0 saturated heterocycles. The van der Waals surface area contributed by atoms with E-state index in [4.69, 9.17) is 0 Å². The Morgan fingerprint density at radius 3 is 2.46 bits per heavy atom. The van der Waals surface area contributed by atoms with Gasteiger partial charge >= 0.3 is 0 Å². The highest BCUT2D eigenvalue weighted by Gasteiger charge is 2.18. The Morgan fingerprint density at radius 1 is 1.31 bits per heavy atom. The van der Waals surface area contributed by atoms with E-state index in [0.29, 0.717) is 0 Å². The number of hydrogen-bond donors (Lipinski definition) is 0. The molecule has 0 bridgehead atoms. The molecule has 1 aromatic carbocycles. The summed E-state index contributed by atoms with van der Waals surface area (Å²) in [6, 6.07) is 6.96. The summed E-state index contributed by atoms with van der Waals surface area (Å²) in [4.78, 5) is 0. The highest BCUT2D eigenvalue weighted by molar-refractivity contribution is 9.09. The number of benzene rings is 1. The van der Waals surface area contributed by atoms with Crippen LogP contribution in [0.2, 0.25) is 0 Å². The van der Waals surface area contributed by atoms with Gasteiger partial charge in [-0.15, -0.1) is 0 Å². The highest BCUT2D eigenvalue weighted by Crippen LogP contribution is 2.25. The van der Waals surface area contributed by atoms with E-state index in [1.165, 1.54) is 6.07 Å². The molecule has 13 heavy (non-hydrogen) atoms. The third kappa shape index (κ3) is 3.11. The third-order valence-corrected chi connectivity index (χ3v) is 3.51. The molecule has 1 aromatic rings. The van der Waals surface area contributed by atoms with Crippen LogP contribution in [0.15, 0.2) is 24.3 Å². The Bertz CT molecular complexity index is 281. The van der Waals surface area contributed by atoms with Gasteiger partial charge in [0.05, 0.1) is 0 Å². The molecule has 0 saturated carbocycles. The van der Waals surface area contributed by atoms with Gasteiger partial charge in [0, 0.05) is 5.33 Å².